The highest BCUT2D eigenvalue weighted by molar-refractivity contribution is 5.52. The quantitative estimate of drug-likeness (QED) is 0.760. The summed E-state index contributed by atoms with van der Waals surface area (Å²) in [5.74, 6) is 0. The largest absolute Gasteiger partial charge is 0.416 e. The van der Waals surface area contributed by atoms with Gasteiger partial charge in [-0.2, -0.15) is 13.2 Å². The van der Waals surface area contributed by atoms with Crippen LogP contribution in [0.5, 0.6) is 0 Å². The van der Waals surface area contributed by atoms with Crippen molar-refractivity contribution in [2.24, 2.45) is 0 Å². The minimum Gasteiger partial charge on any atom is -0.394 e. The summed E-state index contributed by atoms with van der Waals surface area (Å²) in [5.41, 5.74) is 0.0634. The number of hydrogen-bond acceptors (Lipinski definition) is 3. The van der Waals surface area contributed by atoms with Gasteiger partial charge in [-0.25, -0.2) is 0 Å². The van der Waals surface area contributed by atoms with Crippen LogP contribution in [0.15, 0.2) is 18.2 Å². The van der Waals surface area contributed by atoms with E-state index in [1.807, 2.05) is 6.92 Å². The zero-order valence-electron chi connectivity index (χ0n) is 12.7. The van der Waals surface area contributed by atoms with Crippen LogP contribution in [0, 0.1) is 0 Å². The molecule has 0 fully saturated rings. The van der Waals surface area contributed by atoms with Crippen molar-refractivity contribution in [1.29, 1.82) is 0 Å². The van der Waals surface area contributed by atoms with Gasteiger partial charge in [0.25, 0.3) is 0 Å². The molecular formula is C15H23F3N2O. The number of nitrogens with zero attached hydrogens (tertiary/aromatic N) is 1. The van der Waals surface area contributed by atoms with Gasteiger partial charge in [-0.1, -0.05) is 13.0 Å². The molecule has 1 unspecified atom stereocenters. The maximum atomic E-state index is 13.2. The van der Waals surface area contributed by atoms with E-state index in [4.69, 9.17) is 5.11 Å². The number of aliphatic hydroxyl groups excluding tert-OH is 1. The number of halogens is 3. The molecular weight excluding hydrogens is 281 g/mol. The summed E-state index contributed by atoms with van der Waals surface area (Å²) in [4.78, 5) is 1.64. The van der Waals surface area contributed by atoms with E-state index in [0.717, 1.165) is 12.5 Å². The number of alkyl halides is 3. The number of likely N-dealkylation sites (N-methyl/N-ethyl adjacent to an activating group) is 1. The molecule has 1 aromatic carbocycles. The fraction of sp³-hybridized carbons (Fsp3) is 0.600. The average Bonchev–Trinajstić information content (AvgIpc) is 2.45. The van der Waals surface area contributed by atoms with Gasteiger partial charge >= 0.3 is 6.18 Å². The van der Waals surface area contributed by atoms with Gasteiger partial charge in [0, 0.05) is 25.3 Å². The molecule has 6 heteroatoms. The van der Waals surface area contributed by atoms with Gasteiger partial charge in [-0.15, -0.1) is 0 Å². The fourth-order valence-corrected chi connectivity index (χ4v) is 1.98. The third-order valence-corrected chi connectivity index (χ3v) is 3.47. The first-order valence-electron chi connectivity index (χ1n) is 7.05. The number of nitrogens with one attached hydrogen (secondary N) is 1. The first-order chi connectivity index (χ1) is 9.81. The minimum atomic E-state index is -4.39. The number of anilines is 1. The lowest BCUT2D eigenvalue weighted by molar-refractivity contribution is -0.138. The Morgan fingerprint density at radius 2 is 2.00 bits per heavy atom. The molecule has 1 rings (SSSR count). The lowest BCUT2D eigenvalue weighted by atomic mass is 10.0. The zero-order valence-corrected chi connectivity index (χ0v) is 12.7. The molecule has 0 aliphatic carbocycles. The second kappa shape index (κ2) is 7.66. The van der Waals surface area contributed by atoms with Crippen LogP contribution in [0.4, 0.5) is 18.9 Å². The van der Waals surface area contributed by atoms with Crippen molar-refractivity contribution in [2.75, 3.05) is 25.1 Å². The Labute approximate surface area is 123 Å². The monoisotopic (exact) mass is 304 g/mol. The SMILES string of the molecule is CCCNCc1ccc(N(C)C(C)CO)cc1C(F)(F)F. The standard InChI is InChI=1S/C15H23F3N2O/c1-4-7-19-9-12-5-6-13(20(3)11(2)10-21)8-14(12)15(16,17)18/h5-6,8,11,19,21H,4,7,9-10H2,1-3H3. The van der Waals surface area contributed by atoms with Crippen LogP contribution in [0.2, 0.25) is 0 Å². The first-order valence-corrected chi connectivity index (χ1v) is 7.05. The lowest BCUT2D eigenvalue weighted by Crippen LogP contribution is -2.32. The molecule has 2 N–H and O–H groups in total. The molecule has 0 aliphatic rings. The van der Waals surface area contributed by atoms with E-state index in [1.54, 1.807) is 24.9 Å². The highest BCUT2D eigenvalue weighted by Crippen LogP contribution is 2.34. The molecule has 0 heterocycles. The second-order valence-electron chi connectivity index (χ2n) is 5.16. The smallest absolute Gasteiger partial charge is 0.394 e. The van der Waals surface area contributed by atoms with Gasteiger partial charge in [0.2, 0.25) is 0 Å². The van der Waals surface area contributed by atoms with Gasteiger partial charge in [0.05, 0.1) is 12.2 Å². The van der Waals surface area contributed by atoms with Crippen LogP contribution in [0.3, 0.4) is 0 Å². The molecule has 1 aromatic rings. The van der Waals surface area contributed by atoms with E-state index in [-0.39, 0.29) is 24.8 Å². The first kappa shape index (κ1) is 17.8. The Kier molecular flexibility index (Phi) is 6.48. The summed E-state index contributed by atoms with van der Waals surface area (Å²) in [5, 5.41) is 12.1. The number of aliphatic hydroxyl groups is 1. The molecule has 0 aromatic heterocycles. The van der Waals surface area contributed by atoms with Crippen molar-refractivity contribution in [3.63, 3.8) is 0 Å². The van der Waals surface area contributed by atoms with Gasteiger partial charge in [-0.3, -0.25) is 0 Å². The Bertz CT molecular complexity index is 449. The number of rotatable bonds is 7. The Hall–Kier alpha value is -1.27. The highest BCUT2D eigenvalue weighted by atomic mass is 19.4. The fourth-order valence-electron chi connectivity index (χ4n) is 1.98. The molecule has 0 saturated heterocycles. The summed E-state index contributed by atoms with van der Waals surface area (Å²) in [6, 6.07) is 4.07. The van der Waals surface area contributed by atoms with E-state index in [1.165, 1.54) is 6.07 Å². The molecule has 0 aliphatic heterocycles. The maximum Gasteiger partial charge on any atom is 0.416 e. The van der Waals surface area contributed by atoms with Gasteiger partial charge < -0.3 is 15.3 Å². The van der Waals surface area contributed by atoms with Crippen LogP contribution < -0.4 is 10.2 Å². The third kappa shape index (κ3) is 4.89. The van der Waals surface area contributed by atoms with Crippen molar-refractivity contribution in [1.82, 2.24) is 5.32 Å². The molecule has 21 heavy (non-hydrogen) atoms. The number of benzene rings is 1. The van der Waals surface area contributed by atoms with Crippen LogP contribution in [-0.2, 0) is 12.7 Å². The van der Waals surface area contributed by atoms with Crippen molar-refractivity contribution in [3.8, 4) is 0 Å². The summed E-state index contributed by atoms with van der Waals surface area (Å²) in [6.45, 7) is 4.48. The van der Waals surface area contributed by atoms with Crippen LogP contribution in [-0.4, -0.2) is 31.3 Å². The van der Waals surface area contributed by atoms with E-state index >= 15 is 0 Å². The van der Waals surface area contributed by atoms with Gasteiger partial charge in [0.1, 0.15) is 0 Å². The van der Waals surface area contributed by atoms with E-state index in [2.05, 4.69) is 5.32 Å². The van der Waals surface area contributed by atoms with E-state index < -0.39 is 11.7 Å². The summed E-state index contributed by atoms with van der Waals surface area (Å²) in [7, 11) is 1.67. The third-order valence-electron chi connectivity index (χ3n) is 3.47. The molecule has 1 atom stereocenters. The lowest BCUT2D eigenvalue weighted by Gasteiger charge is -2.27. The Balaban J connectivity index is 3.07. The minimum absolute atomic E-state index is 0.113. The molecule has 0 bridgehead atoms. The van der Waals surface area contributed by atoms with Gasteiger partial charge in [0.15, 0.2) is 0 Å². The molecule has 0 saturated carbocycles. The van der Waals surface area contributed by atoms with Crippen LogP contribution >= 0.6 is 0 Å². The molecule has 120 valence electrons. The normalized spacial score (nSPS) is 13.3. The summed E-state index contributed by atoms with van der Waals surface area (Å²) in [6.07, 6.45) is -3.52. The molecule has 0 spiro atoms. The van der Waals surface area contributed by atoms with E-state index in [9.17, 15) is 13.2 Å². The topological polar surface area (TPSA) is 35.5 Å². The van der Waals surface area contributed by atoms with Crippen LogP contribution in [0.25, 0.3) is 0 Å². The Morgan fingerprint density at radius 1 is 1.33 bits per heavy atom. The zero-order chi connectivity index (χ0) is 16.0. The van der Waals surface area contributed by atoms with Crippen molar-refractivity contribution < 1.29 is 18.3 Å². The molecule has 0 amide bonds. The van der Waals surface area contributed by atoms with Crippen molar-refractivity contribution in [3.05, 3.63) is 29.3 Å². The predicted molar refractivity (Wildman–Crippen MR) is 78.4 cm³/mol. The second-order valence-corrected chi connectivity index (χ2v) is 5.16. The van der Waals surface area contributed by atoms with Gasteiger partial charge in [-0.05, 0) is 37.6 Å². The Morgan fingerprint density at radius 3 is 2.52 bits per heavy atom. The summed E-state index contributed by atoms with van der Waals surface area (Å²) >= 11 is 0. The van der Waals surface area contributed by atoms with Crippen molar-refractivity contribution in [2.45, 2.75) is 39.0 Å². The highest BCUT2D eigenvalue weighted by Gasteiger charge is 2.33. The predicted octanol–water partition coefficient (Wildman–Crippen LogP) is 3.02. The maximum absolute atomic E-state index is 13.2. The molecule has 3 nitrogen and oxygen atoms in total. The van der Waals surface area contributed by atoms with Crippen LogP contribution in [0.1, 0.15) is 31.4 Å². The summed E-state index contributed by atoms with van der Waals surface area (Å²) < 4.78 is 39.6. The van der Waals surface area contributed by atoms with E-state index in [0.29, 0.717) is 12.2 Å². The molecule has 0 radical (unpaired) electrons. The van der Waals surface area contributed by atoms with Crippen molar-refractivity contribution >= 4 is 5.69 Å². The number of hydrogen-bond donors (Lipinski definition) is 2. The average molecular weight is 304 g/mol.